The quantitative estimate of drug-likeness (QED) is 0.747. The zero-order valence-corrected chi connectivity index (χ0v) is 13.2. The lowest BCUT2D eigenvalue weighted by Gasteiger charge is -2.34. The third kappa shape index (κ3) is 2.14. The molecule has 0 aliphatic carbocycles. The van der Waals surface area contributed by atoms with E-state index in [0.29, 0.717) is 23.1 Å². The topological polar surface area (TPSA) is 85.7 Å². The standard InChI is InChI=1S/C18H15N5O/c1-11-13-5-3-8-20-14(13)7-9-23(11)18(24)17-21-15-6-2-4-12(10-19)16(15)22-17/h2-6,8,11H,7,9H2,1H3,(H,21,22)/t11-/m1/s1. The highest BCUT2D eigenvalue weighted by Crippen LogP contribution is 2.29. The number of carbonyl (C=O) groups excluding carboxylic acids is 1. The van der Waals surface area contributed by atoms with Gasteiger partial charge in [0, 0.05) is 24.9 Å². The Hall–Kier alpha value is -3.20. The van der Waals surface area contributed by atoms with Crippen LogP contribution in [0.15, 0.2) is 36.5 Å². The number of amides is 1. The fourth-order valence-corrected chi connectivity index (χ4v) is 3.26. The number of benzene rings is 1. The van der Waals surface area contributed by atoms with Crippen LogP contribution in [0.4, 0.5) is 0 Å². The van der Waals surface area contributed by atoms with Crippen LogP contribution >= 0.6 is 0 Å². The predicted molar refractivity (Wildman–Crippen MR) is 88.2 cm³/mol. The second-order valence-corrected chi connectivity index (χ2v) is 5.86. The number of aromatic amines is 1. The molecule has 3 aromatic rings. The summed E-state index contributed by atoms with van der Waals surface area (Å²) in [6.45, 7) is 2.60. The van der Waals surface area contributed by atoms with E-state index in [-0.39, 0.29) is 17.8 Å². The number of rotatable bonds is 1. The lowest BCUT2D eigenvalue weighted by Crippen LogP contribution is -2.39. The van der Waals surface area contributed by atoms with Crippen molar-refractivity contribution in [3.63, 3.8) is 0 Å². The average Bonchev–Trinajstić information content (AvgIpc) is 3.06. The molecule has 1 aromatic carbocycles. The van der Waals surface area contributed by atoms with Crippen LogP contribution in [0.25, 0.3) is 11.0 Å². The minimum atomic E-state index is -0.155. The summed E-state index contributed by atoms with van der Waals surface area (Å²) in [4.78, 5) is 26.5. The molecular weight excluding hydrogens is 302 g/mol. The smallest absolute Gasteiger partial charge is 0.290 e. The van der Waals surface area contributed by atoms with Crippen molar-refractivity contribution in [1.29, 1.82) is 5.26 Å². The number of nitrogens with zero attached hydrogens (tertiary/aromatic N) is 4. The molecule has 0 spiro atoms. The highest BCUT2D eigenvalue weighted by molar-refractivity contribution is 5.95. The molecule has 1 amide bonds. The molecule has 1 atom stereocenters. The molecule has 6 nitrogen and oxygen atoms in total. The Kier molecular flexibility index (Phi) is 3.28. The van der Waals surface area contributed by atoms with Gasteiger partial charge in [0.25, 0.3) is 5.91 Å². The van der Waals surface area contributed by atoms with Crippen molar-refractivity contribution >= 4 is 16.9 Å². The number of hydrogen-bond acceptors (Lipinski definition) is 4. The highest BCUT2D eigenvalue weighted by Gasteiger charge is 2.30. The first-order valence-electron chi connectivity index (χ1n) is 7.82. The molecule has 0 fully saturated rings. The fraction of sp³-hybridized carbons (Fsp3) is 0.222. The van der Waals surface area contributed by atoms with Gasteiger partial charge in [-0.2, -0.15) is 5.26 Å². The van der Waals surface area contributed by atoms with Gasteiger partial charge in [-0.15, -0.1) is 0 Å². The van der Waals surface area contributed by atoms with Gasteiger partial charge in [-0.25, -0.2) is 4.98 Å². The van der Waals surface area contributed by atoms with Crippen LogP contribution in [0.2, 0.25) is 0 Å². The van der Waals surface area contributed by atoms with E-state index in [1.807, 2.05) is 25.1 Å². The first-order chi connectivity index (χ1) is 11.7. The molecule has 0 unspecified atom stereocenters. The van der Waals surface area contributed by atoms with Crippen LogP contribution in [-0.4, -0.2) is 32.3 Å². The molecule has 0 bridgehead atoms. The number of para-hydroxylation sites is 1. The van der Waals surface area contributed by atoms with Crippen LogP contribution in [0.5, 0.6) is 0 Å². The molecular formula is C18H15N5O. The van der Waals surface area contributed by atoms with E-state index in [1.54, 1.807) is 23.2 Å². The van der Waals surface area contributed by atoms with Gasteiger partial charge in [0.05, 0.1) is 17.1 Å². The normalized spacial score (nSPS) is 16.7. The molecule has 0 saturated carbocycles. The van der Waals surface area contributed by atoms with E-state index in [1.165, 1.54) is 0 Å². The number of carbonyl (C=O) groups is 1. The average molecular weight is 317 g/mol. The van der Waals surface area contributed by atoms with Crippen LogP contribution in [0.1, 0.15) is 40.4 Å². The Labute approximate surface area is 138 Å². The molecule has 3 heterocycles. The maximum absolute atomic E-state index is 12.9. The Bertz CT molecular complexity index is 984. The summed E-state index contributed by atoms with van der Waals surface area (Å²) in [5.74, 6) is 0.115. The maximum Gasteiger partial charge on any atom is 0.290 e. The zero-order valence-electron chi connectivity index (χ0n) is 13.2. The molecule has 2 aromatic heterocycles. The lowest BCUT2D eigenvalue weighted by molar-refractivity contribution is 0.0665. The molecule has 1 aliphatic rings. The maximum atomic E-state index is 12.9. The number of nitriles is 1. The number of fused-ring (bicyclic) bond motifs is 2. The summed E-state index contributed by atoms with van der Waals surface area (Å²) in [5.41, 5.74) is 3.82. The van der Waals surface area contributed by atoms with Crippen molar-refractivity contribution in [2.24, 2.45) is 0 Å². The van der Waals surface area contributed by atoms with Crippen LogP contribution in [-0.2, 0) is 6.42 Å². The number of imidazole rings is 1. The molecule has 118 valence electrons. The number of nitrogens with one attached hydrogen (secondary N) is 1. The number of aromatic nitrogens is 3. The zero-order chi connectivity index (χ0) is 16.7. The molecule has 6 heteroatoms. The Balaban J connectivity index is 1.71. The molecule has 1 aliphatic heterocycles. The summed E-state index contributed by atoms with van der Waals surface area (Å²) in [6.07, 6.45) is 2.52. The van der Waals surface area contributed by atoms with Crippen molar-refractivity contribution in [3.8, 4) is 6.07 Å². The van der Waals surface area contributed by atoms with Crippen LogP contribution in [0.3, 0.4) is 0 Å². The van der Waals surface area contributed by atoms with Crippen molar-refractivity contribution in [3.05, 3.63) is 59.2 Å². The van der Waals surface area contributed by atoms with Crippen molar-refractivity contribution < 1.29 is 4.79 Å². The summed E-state index contributed by atoms with van der Waals surface area (Å²) < 4.78 is 0. The number of H-pyrrole nitrogens is 1. The van der Waals surface area contributed by atoms with E-state index >= 15 is 0 Å². The molecule has 0 saturated heterocycles. The third-order valence-corrected chi connectivity index (χ3v) is 4.53. The van der Waals surface area contributed by atoms with E-state index in [0.717, 1.165) is 17.7 Å². The Morgan fingerprint density at radius 2 is 2.25 bits per heavy atom. The molecule has 4 rings (SSSR count). The van der Waals surface area contributed by atoms with Gasteiger partial charge >= 0.3 is 0 Å². The van der Waals surface area contributed by atoms with Gasteiger partial charge in [-0.1, -0.05) is 12.1 Å². The van der Waals surface area contributed by atoms with Gasteiger partial charge < -0.3 is 9.88 Å². The van der Waals surface area contributed by atoms with Gasteiger partial charge in [0.2, 0.25) is 0 Å². The van der Waals surface area contributed by atoms with Gasteiger partial charge in [0.1, 0.15) is 11.6 Å². The molecule has 1 N–H and O–H groups in total. The minimum Gasteiger partial charge on any atom is -0.334 e. The van der Waals surface area contributed by atoms with E-state index in [2.05, 4.69) is 21.0 Å². The minimum absolute atomic E-state index is 0.0569. The highest BCUT2D eigenvalue weighted by atomic mass is 16.2. The first-order valence-corrected chi connectivity index (χ1v) is 7.82. The molecule has 24 heavy (non-hydrogen) atoms. The third-order valence-electron chi connectivity index (χ3n) is 4.53. The number of hydrogen-bond donors (Lipinski definition) is 1. The lowest BCUT2D eigenvalue weighted by atomic mass is 9.98. The van der Waals surface area contributed by atoms with Crippen LogP contribution < -0.4 is 0 Å². The van der Waals surface area contributed by atoms with E-state index in [4.69, 9.17) is 0 Å². The van der Waals surface area contributed by atoms with Crippen molar-refractivity contribution in [2.45, 2.75) is 19.4 Å². The summed E-state index contributed by atoms with van der Waals surface area (Å²) in [7, 11) is 0. The van der Waals surface area contributed by atoms with Gasteiger partial charge in [0.15, 0.2) is 5.82 Å². The molecule has 0 radical (unpaired) electrons. The second kappa shape index (κ2) is 5.46. The first kappa shape index (κ1) is 14.4. The van der Waals surface area contributed by atoms with E-state index < -0.39 is 0 Å². The number of pyridine rings is 1. The van der Waals surface area contributed by atoms with E-state index in [9.17, 15) is 10.1 Å². The summed E-state index contributed by atoms with van der Waals surface area (Å²) >= 11 is 0. The predicted octanol–water partition coefficient (Wildman–Crippen LogP) is 2.59. The largest absolute Gasteiger partial charge is 0.334 e. The van der Waals surface area contributed by atoms with Gasteiger partial charge in [-0.3, -0.25) is 9.78 Å². The summed E-state index contributed by atoms with van der Waals surface area (Å²) in [5, 5.41) is 9.18. The van der Waals surface area contributed by atoms with Crippen LogP contribution in [0, 0.1) is 11.3 Å². The fourth-order valence-electron chi connectivity index (χ4n) is 3.26. The Morgan fingerprint density at radius 3 is 3.08 bits per heavy atom. The van der Waals surface area contributed by atoms with Crippen molar-refractivity contribution in [1.82, 2.24) is 19.9 Å². The second-order valence-electron chi connectivity index (χ2n) is 5.86. The SMILES string of the molecule is C[C@@H]1c2cccnc2CCN1C(=O)c1nc2c(C#N)cccc2[nH]1. The van der Waals surface area contributed by atoms with Crippen molar-refractivity contribution in [2.75, 3.05) is 6.54 Å². The summed E-state index contributed by atoms with van der Waals surface area (Å²) in [6, 6.07) is 11.2. The Morgan fingerprint density at radius 1 is 1.38 bits per heavy atom. The van der Waals surface area contributed by atoms with Gasteiger partial charge in [-0.05, 0) is 30.7 Å². The monoisotopic (exact) mass is 317 g/mol.